The maximum Gasteiger partial charge on any atom is 0.251 e. The van der Waals surface area contributed by atoms with E-state index in [1.54, 1.807) is 31.2 Å². The maximum absolute atomic E-state index is 11.8. The van der Waals surface area contributed by atoms with Crippen molar-refractivity contribution in [2.45, 2.75) is 13.3 Å². The minimum Gasteiger partial charge on any atom is -0.399 e. The van der Waals surface area contributed by atoms with E-state index in [0.29, 0.717) is 35.9 Å². The zero-order chi connectivity index (χ0) is 13.0. The van der Waals surface area contributed by atoms with Gasteiger partial charge in [-0.3, -0.25) is 4.79 Å². The number of anilines is 1. The van der Waals surface area contributed by atoms with Gasteiger partial charge in [-0.2, -0.15) is 4.98 Å². The predicted molar refractivity (Wildman–Crippen MR) is 65.9 cm³/mol. The highest BCUT2D eigenvalue weighted by atomic mass is 16.5. The summed E-state index contributed by atoms with van der Waals surface area (Å²) in [4.78, 5) is 15.8. The normalized spacial score (nSPS) is 10.3. The van der Waals surface area contributed by atoms with E-state index >= 15 is 0 Å². The molecule has 0 aliphatic carbocycles. The summed E-state index contributed by atoms with van der Waals surface area (Å²) in [5.41, 5.74) is 6.71. The number of nitrogen functional groups attached to an aromatic ring is 1. The largest absolute Gasteiger partial charge is 0.399 e. The fourth-order valence-corrected chi connectivity index (χ4v) is 1.51. The Bertz CT molecular complexity index is 551. The first-order valence-corrected chi connectivity index (χ1v) is 5.58. The molecule has 1 aromatic carbocycles. The van der Waals surface area contributed by atoms with Crippen molar-refractivity contribution in [1.29, 1.82) is 0 Å². The number of benzene rings is 1. The second-order valence-corrected chi connectivity index (χ2v) is 3.87. The van der Waals surface area contributed by atoms with Crippen LogP contribution in [0.5, 0.6) is 0 Å². The molecule has 94 valence electrons. The summed E-state index contributed by atoms with van der Waals surface area (Å²) in [7, 11) is 0. The number of aromatic nitrogens is 2. The van der Waals surface area contributed by atoms with Crippen molar-refractivity contribution < 1.29 is 9.32 Å². The van der Waals surface area contributed by atoms with E-state index in [1.165, 1.54) is 0 Å². The molecule has 18 heavy (non-hydrogen) atoms. The van der Waals surface area contributed by atoms with Crippen molar-refractivity contribution >= 4 is 11.6 Å². The molecule has 0 aliphatic rings. The van der Waals surface area contributed by atoms with Gasteiger partial charge in [-0.1, -0.05) is 11.2 Å². The molecule has 0 saturated carbocycles. The van der Waals surface area contributed by atoms with E-state index in [0.717, 1.165) is 0 Å². The topological polar surface area (TPSA) is 94.0 Å². The van der Waals surface area contributed by atoms with Crippen LogP contribution in [0.3, 0.4) is 0 Å². The highest BCUT2D eigenvalue weighted by Crippen LogP contribution is 2.06. The number of aryl methyl sites for hydroxylation is 1. The highest BCUT2D eigenvalue weighted by molar-refractivity contribution is 5.94. The van der Waals surface area contributed by atoms with Crippen LogP contribution in [-0.4, -0.2) is 22.6 Å². The maximum atomic E-state index is 11.8. The Labute approximate surface area is 104 Å². The van der Waals surface area contributed by atoms with Crippen molar-refractivity contribution in [2.24, 2.45) is 0 Å². The fourth-order valence-electron chi connectivity index (χ4n) is 1.51. The molecule has 3 N–H and O–H groups in total. The van der Waals surface area contributed by atoms with Gasteiger partial charge in [-0.05, 0) is 25.1 Å². The molecule has 6 nitrogen and oxygen atoms in total. The molecule has 6 heteroatoms. The smallest absolute Gasteiger partial charge is 0.251 e. The Morgan fingerprint density at radius 1 is 1.50 bits per heavy atom. The number of amides is 1. The van der Waals surface area contributed by atoms with Crippen LogP contribution in [0.25, 0.3) is 0 Å². The van der Waals surface area contributed by atoms with Crippen molar-refractivity contribution in [1.82, 2.24) is 15.5 Å². The van der Waals surface area contributed by atoms with Crippen LogP contribution >= 0.6 is 0 Å². The minimum absolute atomic E-state index is 0.168. The number of nitrogens with one attached hydrogen (secondary N) is 1. The summed E-state index contributed by atoms with van der Waals surface area (Å²) in [5, 5.41) is 6.43. The first-order chi connectivity index (χ1) is 8.65. The molecule has 1 aromatic heterocycles. The number of rotatable bonds is 4. The van der Waals surface area contributed by atoms with Crippen molar-refractivity contribution in [2.75, 3.05) is 12.3 Å². The van der Waals surface area contributed by atoms with E-state index in [2.05, 4.69) is 15.5 Å². The first kappa shape index (κ1) is 12.1. The van der Waals surface area contributed by atoms with Crippen molar-refractivity contribution in [3.63, 3.8) is 0 Å². The van der Waals surface area contributed by atoms with Crippen molar-refractivity contribution in [3.05, 3.63) is 41.5 Å². The quantitative estimate of drug-likeness (QED) is 0.783. The van der Waals surface area contributed by atoms with E-state index in [9.17, 15) is 4.79 Å². The lowest BCUT2D eigenvalue weighted by Crippen LogP contribution is -2.25. The van der Waals surface area contributed by atoms with Crippen LogP contribution in [0.4, 0.5) is 5.69 Å². The molecule has 0 radical (unpaired) electrons. The number of hydrogen-bond donors (Lipinski definition) is 2. The van der Waals surface area contributed by atoms with Gasteiger partial charge in [0.1, 0.15) is 0 Å². The predicted octanol–water partition coefficient (Wildman–Crippen LogP) is 0.933. The second kappa shape index (κ2) is 5.31. The number of nitrogens with zero attached hydrogens (tertiary/aromatic N) is 2. The monoisotopic (exact) mass is 246 g/mol. The summed E-state index contributed by atoms with van der Waals surface area (Å²) in [6.07, 6.45) is 0.509. The Morgan fingerprint density at radius 3 is 3.00 bits per heavy atom. The Kier molecular flexibility index (Phi) is 3.57. The average Bonchev–Trinajstić information content (AvgIpc) is 2.75. The van der Waals surface area contributed by atoms with Gasteiger partial charge in [0, 0.05) is 24.2 Å². The van der Waals surface area contributed by atoms with Crippen LogP contribution in [0, 0.1) is 6.92 Å². The van der Waals surface area contributed by atoms with E-state index in [1.807, 2.05) is 0 Å². The van der Waals surface area contributed by atoms with Gasteiger partial charge in [0.25, 0.3) is 5.91 Å². The lowest BCUT2D eigenvalue weighted by molar-refractivity contribution is 0.0953. The molecule has 0 spiro atoms. The Morgan fingerprint density at radius 2 is 2.33 bits per heavy atom. The van der Waals surface area contributed by atoms with Gasteiger partial charge < -0.3 is 15.6 Å². The molecule has 0 unspecified atom stereocenters. The summed E-state index contributed by atoms with van der Waals surface area (Å²) < 4.78 is 4.94. The van der Waals surface area contributed by atoms with Crippen LogP contribution in [0.2, 0.25) is 0 Å². The third-order valence-corrected chi connectivity index (χ3v) is 2.34. The van der Waals surface area contributed by atoms with Gasteiger partial charge >= 0.3 is 0 Å². The Hall–Kier alpha value is -2.37. The van der Waals surface area contributed by atoms with Gasteiger partial charge in [0.15, 0.2) is 5.82 Å². The molecular weight excluding hydrogens is 232 g/mol. The van der Waals surface area contributed by atoms with E-state index in [-0.39, 0.29) is 5.91 Å². The van der Waals surface area contributed by atoms with Gasteiger partial charge in [-0.25, -0.2) is 0 Å². The molecule has 2 aromatic rings. The number of carbonyl (C=O) groups is 1. The molecule has 0 fully saturated rings. The molecule has 2 rings (SSSR count). The Balaban J connectivity index is 1.85. The van der Waals surface area contributed by atoms with E-state index < -0.39 is 0 Å². The third-order valence-electron chi connectivity index (χ3n) is 2.34. The van der Waals surface area contributed by atoms with Gasteiger partial charge in [0.05, 0.1) is 0 Å². The zero-order valence-corrected chi connectivity index (χ0v) is 10.0. The third kappa shape index (κ3) is 3.07. The number of hydrogen-bond acceptors (Lipinski definition) is 5. The zero-order valence-electron chi connectivity index (χ0n) is 10.0. The minimum atomic E-state index is -0.168. The van der Waals surface area contributed by atoms with Crippen LogP contribution < -0.4 is 11.1 Å². The SMILES string of the molecule is Cc1noc(CCNC(=O)c2cccc(N)c2)n1. The highest BCUT2D eigenvalue weighted by Gasteiger charge is 2.06. The van der Waals surface area contributed by atoms with Crippen LogP contribution in [-0.2, 0) is 6.42 Å². The second-order valence-electron chi connectivity index (χ2n) is 3.87. The molecule has 0 saturated heterocycles. The summed E-state index contributed by atoms with van der Waals surface area (Å²) in [6.45, 7) is 2.19. The number of carbonyl (C=O) groups excluding carboxylic acids is 1. The molecule has 0 atom stereocenters. The van der Waals surface area contributed by atoms with Crippen LogP contribution in [0.1, 0.15) is 22.1 Å². The van der Waals surface area contributed by atoms with Crippen molar-refractivity contribution in [3.8, 4) is 0 Å². The molecule has 0 bridgehead atoms. The van der Waals surface area contributed by atoms with E-state index in [4.69, 9.17) is 10.3 Å². The summed E-state index contributed by atoms with van der Waals surface area (Å²) in [5.74, 6) is 0.936. The molecule has 1 heterocycles. The summed E-state index contributed by atoms with van der Waals surface area (Å²) in [6, 6.07) is 6.82. The lowest BCUT2D eigenvalue weighted by atomic mass is 10.2. The fraction of sp³-hybridized carbons (Fsp3) is 0.250. The van der Waals surface area contributed by atoms with Gasteiger partial charge in [0.2, 0.25) is 5.89 Å². The van der Waals surface area contributed by atoms with Gasteiger partial charge in [-0.15, -0.1) is 0 Å². The van der Waals surface area contributed by atoms with Crippen LogP contribution in [0.15, 0.2) is 28.8 Å². The lowest BCUT2D eigenvalue weighted by Gasteiger charge is -2.03. The first-order valence-electron chi connectivity index (χ1n) is 5.58. The standard InChI is InChI=1S/C12H14N4O2/c1-8-15-11(18-16-8)5-6-14-12(17)9-3-2-4-10(13)7-9/h2-4,7H,5-6,13H2,1H3,(H,14,17). The number of nitrogens with two attached hydrogens (primary N) is 1. The molecule has 0 aliphatic heterocycles. The summed E-state index contributed by atoms with van der Waals surface area (Å²) >= 11 is 0. The molecular formula is C12H14N4O2. The average molecular weight is 246 g/mol. The molecule has 1 amide bonds.